The van der Waals surface area contributed by atoms with E-state index in [0.29, 0.717) is 69.0 Å². The van der Waals surface area contributed by atoms with Crippen molar-refractivity contribution in [1.29, 1.82) is 0 Å². The van der Waals surface area contributed by atoms with Crippen LogP contribution in [0.4, 0.5) is 10.5 Å². The first kappa shape index (κ1) is 45.6. The van der Waals surface area contributed by atoms with Gasteiger partial charge in [-0.15, -0.1) is 0 Å². The number of allylic oxidation sites excluding steroid dienone is 1. The first-order valence-corrected chi connectivity index (χ1v) is 22.1. The summed E-state index contributed by atoms with van der Waals surface area (Å²) in [5, 5.41) is 16.6. The summed E-state index contributed by atoms with van der Waals surface area (Å²) in [6.07, 6.45) is 6.97. The van der Waals surface area contributed by atoms with E-state index >= 15 is 0 Å². The van der Waals surface area contributed by atoms with Crippen molar-refractivity contribution < 1.29 is 48.0 Å². The number of anilines is 1. The SMILES string of the molecule is COC(=O)c1ccc(NC(=O)NCCCCC(N)C(=O)O[C@H]2[C@H](OC(C)=O)C[C@]34COC[C@]2(C)[C@@H]3CC[C@H]2C4=CC[C@@]3(C)[C@H](C(=O)O)[C@@](C)([C@H](C)C(C)C)CC[C@]23C)cc1. The number of urea groups is 1. The largest absolute Gasteiger partial charge is 0.481 e. The molecule has 1 aromatic carbocycles. The van der Waals surface area contributed by atoms with Crippen LogP contribution in [0.15, 0.2) is 35.9 Å². The van der Waals surface area contributed by atoms with Gasteiger partial charge in [0, 0.05) is 30.0 Å². The molecule has 5 aliphatic rings. The van der Waals surface area contributed by atoms with Crippen molar-refractivity contribution in [3.8, 4) is 0 Å². The topological polar surface area (TPSA) is 193 Å². The van der Waals surface area contributed by atoms with Gasteiger partial charge in [0.15, 0.2) is 0 Å². The number of aliphatic carboxylic acids is 1. The van der Waals surface area contributed by atoms with Crippen LogP contribution in [-0.4, -0.2) is 80.1 Å². The third-order valence-corrected chi connectivity index (χ3v) is 16.7. The lowest BCUT2D eigenvalue weighted by atomic mass is 9.34. The Bertz CT molecular complexity index is 1850. The second-order valence-corrected chi connectivity index (χ2v) is 20.1. The number of ether oxygens (including phenoxy) is 4. The minimum atomic E-state index is -0.920. The van der Waals surface area contributed by atoms with Crippen LogP contribution < -0.4 is 16.4 Å². The fraction of sp³-hybridized carbons (Fsp3) is 0.723. The van der Waals surface area contributed by atoms with E-state index in [1.54, 1.807) is 24.3 Å². The van der Waals surface area contributed by atoms with Crippen molar-refractivity contribution in [2.45, 2.75) is 131 Å². The van der Waals surface area contributed by atoms with Gasteiger partial charge in [0.1, 0.15) is 18.2 Å². The quantitative estimate of drug-likeness (QED) is 0.0665. The number of carboxylic acid groups (broad SMARTS) is 1. The highest BCUT2D eigenvalue weighted by molar-refractivity contribution is 5.92. The van der Waals surface area contributed by atoms with Crippen LogP contribution in [0.3, 0.4) is 0 Å². The maximum atomic E-state index is 13.8. The Morgan fingerprint density at radius 3 is 2.28 bits per heavy atom. The zero-order valence-corrected chi connectivity index (χ0v) is 37.2. The van der Waals surface area contributed by atoms with E-state index in [0.717, 1.165) is 25.7 Å². The maximum absolute atomic E-state index is 13.8. The maximum Gasteiger partial charge on any atom is 0.337 e. The fourth-order valence-electron chi connectivity index (χ4n) is 13.1. The average molecular weight is 836 g/mol. The number of fused-ring (bicyclic) bond motifs is 3. The molecule has 4 aliphatic carbocycles. The Morgan fingerprint density at radius 1 is 0.950 bits per heavy atom. The van der Waals surface area contributed by atoms with Gasteiger partial charge in [0.05, 0.1) is 31.8 Å². The summed E-state index contributed by atoms with van der Waals surface area (Å²) in [7, 11) is 1.30. The molecule has 1 heterocycles. The van der Waals surface area contributed by atoms with Crippen molar-refractivity contribution in [3.63, 3.8) is 0 Å². The number of carbonyl (C=O) groups is 5. The molecule has 13 nitrogen and oxygen atoms in total. The number of methoxy groups -OCH3 is 1. The summed E-state index contributed by atoms with van der Waals surface area (Å²) in [6.45, 7) is 18.1. The lowest BCUT2D eigenvalue weighted by Crippen LogP contribution is -2.70. The predicted molar refractivity (Wildman–Crippen MR) is 226 cm³/mol. The number of hydrogen-bond acceptors (Lipinski definition) is 10. The van der Waals surface area contributed by atoms with E-state index in [1.165, 1.54) is 19.6 Å². The molecule has 1 unspecified atom stereocenters. The molecule has 4 fully saturated rings. The molecule has 60 heavy (non-hydrogen) atoms. The molecular formula is C47H69N3O10. The number of esters is 3. The van der Waals surface area contributed by atoms with Gasteiger partial charge < -0.3 is 40.4 Å². The first-order valence-electron chi connectivity index (χ1n) is 22.1. The predicted octanol–water partition coefficient (Wildman–Crippen LogP) is 7.52. The van der Waals surface area contributed by atoms with Gasteiger partial charge in [0.25, 0.3) is 0 Å². The van der Waals surface area contributed by atoms with Crippen LogP contribution in [0.25, 0.3) is 0 Å². The van der Waals surface area contributed by atoms with E-state index in [9.17, 15) is 29.1 Å². The molecular weight excluding hydrogens is 767 g/mol. The molecule has 1 aromatic rings. The first-order chi connectivity index (χ1) is 28.2. The average Bonchev–Trinajstić information content (AvgIpc) is 3.18. The molecule has 2 bridgehead atoms. The zero-order valence-electron chi connectivity index (χ0n) is 37.2. The highest BCUT2D eigenvalue weighted by Crippen LogP contribution is 2.75. The number of nitrogens with one attached hydrogen (secondary N) is 2. The van der Waals surface area contributed by atoms with E-state index in [2.05, 4.69) is 65.2 Å². The molecule has 0 spiro atoms. The number of rotatable bonds is 13. The van der Waals surface area contributed by atoms with Crippen molar-refractivity contribution in [2.75, 3.05) is 32.2 Å². The minimum absolute atomic E-state index is 0.0862. The molecule has 0 aromatic heterocycles. The van der Waals surface area contributed by atoms with Gasteiger partial charge in [-0.05, 0) is 122 Å². The molecule has 13 heteroatoms. The third-order valence-electron chi connectivity index (χ3n) is 16.7. The van der Waals surface area contributed by atoms with Gasteiger partial charge in [-0.3, -0.25) is 14.4 Å². The second-order valence-electron chi connectivity index (χ2n) is 20.1. The molecule has 6 rings (SSSR count). The number of amides is 2. The van der Waals surface area contributed by atoms with Crippen LogP contribution in [0.1, 0.15) is 124 Å². The summed E-state index contributed by atoms with van der Waals surface area (Å²) >= 11 is 0. The second kappa shape index (κ2) is 17.1. The van der Waals surface area contributed by atoms with Crippen LogP contribution in [0.2, 0.25) is 0 Å². The smallest absolute Gasteiger partial charge is 0.337 e. The lowest BCUT2D eigenvalue weighted by molar-refractivity contribution is -0.263. The normalized spacial score (nSPS) is 36.5. The van der Waals surface area contributed by atoms with E-state index in [-0.39, 0.29) is 28.6 Å². The molecule has 5 N–H and O–H groups in total. The van der Waals surface area contributed by atoms with Crippen molar-refractivity contribution >= 4 is 35.6 Å². The van der Waals surface area contributed by atoms with Gasteiger partial charge >= 0.3 is 29.9 Å². The Balaban J connectivity index is 1.14. The third kappa shape index (κ3) is 7.75. The number of hydrogen-bond donors (Lipinski definition) is 4. The highest BCUT2D eigenvalue weighted by Gasteiger charge is 2.72. The lowest BCUT2D eigenvalue weighted by Gasteiger charge is -2.71. The van der Waals surface area contributed by atoms with Gasteiger partial charge in [0.2, 0.25) is 0 Å². The highest BCUT2D eigenvalue weighted by atomic mass is 16.6. The standard InChI is InChI=1S/C47H69N3O10/c1-27(2)28(3)43(5)21-22-45(7)32-17-18-36-44(6)25-58-26-47(36,33(32)19-20-46(45,8)37(43)39(52)53)24-35(59-29(4)51)38(44)60-41(55)34(48)12-10-11-23-49-42(56)50-31-15-13-30(14-16-31)40(54)57-9/h13-16,19,27-28,32,34-38H,10-12,17-18,20-26,48H2,1-9H3,(H,52,53)(H2,49,50,56)/t28-,32+,34?,35-,36+,37-,38+,43-,44-,45-,46+,47-/m1/s1. The van der Waals surface area contributed by atoms with E-state index in [1.807, 2.05) is 0 Å². The van der Waals surface area contributed by atoms with Gasteiger partial charge in [-0.25, -0.2) is 9.59 Å². The number of unbranched alkanes of at least 4 members (excludes halogenated alkanes) is 1. The molecule has 12 atom stereocenters. The fourth-order valence-corrected chi connectivity index (χ4v) is 13.1. The van der Waals surface area contributed by atoms with Crippen molar-refractivity contribution in [2.24, 2.45) is 62.4 Å². The summed E-state index contributed by atoms with van der Waals surface area (Å²) < 4.78 is 23.7. The Kier molecular flexibility index (Phi) is 13.0. The number of nitrogens with two attached hydrogens (primary N) is 1. The minimum Gasteiger partial charge on any atom is -0.481 e. The van der Waals surface area contributed by atoms with Crippen LogP contribution in [0, 0.1) is 56.7 Å². The molecule has 2 amide bonds. The molecule has 1 aliphatic heterocycles. The summed E-state index contributed by atoms with van der Waals surface area (Å²) in [6, 6.07) is 5.03. The molecule has 3 saturated carbocycles. The number of carboxylic acids is 1. The molecule has 1 saturated heterocycles. The molecule has 0 radical (unpaired) electrons. The van der Waals surface area contributed by atoms with Crippen LogP contribution in [0.5, 0.6) is 0 Å². The van der Waals surface area contributed by atoms with Gasteiger partial charge in [-0.2, -0.15) is 0 Å². The Hall–Kier alpha value is -3.97. The summed E-state index contributed by atoms with van der Waals surface area (Å²) in [4.78, 5) is 64.0. The van der Waals surface area contributed by atoms with Gasteiger partial charge in [-0.1, -0.05) is 60.1 Å². The summed E-state index contributed by atoms with van der Waals surface area (Å²) in [5.74, 6) is -1.85. The van der Waals surface area contributed by atoms with E-state index in [4.69, 9.17) is 24.7 Å². The molecule has 332 valence electrons. The Labute approximate surface area is 355 Å². The van der Waals surface area contributed by atoms with Crippen LogP contribution >= 0.6 is 0 Å². The summed E-state index contributed by atoms with van der Waals surface area (Å²) in [5.41, 5.74) is 6.44. The van der Waals surface area contributed by atoms with E-state index < -0.39 is 70.3 Å². The van der Waals surface area contributed by atoms with Crippen molar-refractivity contribution in [1.82, 2.24) is 5.32 Å². The number of carbonyl (C=O) groups excluding carboxylic acids is 4. The monoisotopic (exact) mass is 835 g/mol. The van der Waals surface area contributed by atoms with Crippen LogP contribution in [-0.2, 0) is 33.3 Å². The van der Waals surface area contributed by atoms with Crippen molar-refractivity contribution in [3.05, 3.63) is 41.5 Å². The zero-order chi connectivity index (χ0) is 44.0. The Morgan fingerprint density at radius 2 is 1.65 bits per heavy atom. The number of benzene rings is 1.